The summed E-state index contributed by atoms with van der Waals surface area (Å²) in [6, 6.07) is 14.9. The molecular formula is C18H19N3. The average molecular weight is 277 g/mol. The zero-order valence-electron chi connectivity index (χ0n) is 12.0. The normalized spacial score (nSPS) is 17.9. The van der Waals surface area contributed by atoms with Gasteiger partial charge in [0.2, 0.25) is 0 Å². The number of H-pyrrole nitrogens is 1. The predicted molar refractivity (Wildman–Crippen MR) is 85.2 cm³/mol. The van der Waals surface area contributed by atoms with Gasteiger partial charge in [0.1, 0.15) is 5.82 Å². The van der Waals surface area contributed by atoms with Gasteiger partial charge in [0, 0.05) is 12.5 Å². The number of fused-ring (bicyclic) bond motifs is 2. The third-order valence-corrected chi connectivity index (χ3v) is 4.57. The summed E-state index contributed by atoms with van der Waals surface area (Å²) in [6.45, 7) is 0.537. The number of rotatable bonds is 2. The number of para-hydroxylation sites is 1. The van der Waals surface area contributed by atoms with E-state index >= 15 is 0 Å². The molecule has 21 heavy (non-hydrogen) atoms. The molecule has 3 N–H and O–H groups in total. The zero-order chi connectivity index (χ0) is 14.2. The van der Waals surface area contributed by atoms with Crippen molar-refractivity contribution in [2.75, 3.05) is 0 Å². The summed E-state index contributed by atoms with van der Waals surface area (Å²) in [6.07, 6.45) is 3.38. The monoisotopic (exact) mass is 277 g/mol. The van der Waals surface area contributed by atoms with E-state index in [2.05, 4.69) is 41.4 Å². The molecule has 1 heterocycles. The van der Waals surface area contributed by atoms with E-state index in [0.717, 1.165) is 41.7 Å². The minimum atomic E-state index is 0.484. The number of aromatic nitrogens is 2. The molecule has 3 aromatic rings. The summed E-state index contributed by atoms with van der Waals surface area (Å²) < 4.78 is 0. The van der Waals surface area contributed by atoms with Crippen LogP contribution in [0.3, 0.4) is 0 Å². The topological polar surface area (TPSA) is 54.7 Å². The quantitative estimate of drug-likeness (QED) is 0.755. The van der Waals surface area contributed by atoms with Crippen molar-refractivity contribution >= 4 is 11.0 Å². The highest BCUT2D eigenvalue weighted by Crippen LogP contribution is 2.32. The Morgan fingerprint density at radius 1 is 1.10 bits per heavy atom. The maximum atomic E-state index is 5.81. The number of imidazole rings is 1. The third kappa shape index (κ3) is 2.14. The van der Waals surface area contributed by atoms with E-state index in [9.17, 15) is 0 Å². The van der Waals surface area contributed by atoms with Crippen LogP contribution in [0.15, 0.2) is 42.5 Å². The Morgan fingerprint density at radius 2 is 1.95 bits per heavy atom. The smallest absolute Gasteiger partial charge is 0.110 e. The zero-order valence-corrected chi connectivity index (χ0v) is 12.0. The first-order valence-corrected chi connectivity index (χ1v) is 7.59. The molecule has 3 heteroatoms. The summed E-state index contributed by atoms with van der Waals surface area (Å²) in [5, 5.41) is 0. The van der Waals surface area contributed by atoms with E-state index in [1.54, 1.807) is 0 Å². The lowest BCUT2D eigenvalue weighted by atomic mass is 9.83. The van der Waals surface area contributed by atoms with Gasteiger partial charge in [-0.1, -0.05) is 36.4 Å². The molecule has 2 aromatic carbocycles. The minimum absolute atomic E-state index is 0.484. The highest BCUT2D eigenvalue weighted by molar-refractivity contribution is 5.78. The number of nitrogens with one attached hydrogen (secondary N) is 1. The fourth-order valence-corrected chi connectivity index (χ4v) is 3.40. The second kappa shape index (κ2) is 5.01. The van der Waals surface area contributed by atoms with Crippen molar-refractivity contribution in [2.24, 2.45) is 5.73 Å². The second-order valence-electron chi connectivity index (χ2n) is 5.85. The van der Waals surface area contributed by atoms with Crippen LogP contribution in [0, 0.1) is 0 Å². The first-order valence-electron chi connectivity index (χ1n) is 7.59. The van der Waals surface area contributed by atoms with Gasteiger partial charge >= 0.3 is 0 Å². The summed E-state index contributed by atoms with van der Waals surface area (Å²) in [4.78, 5) is 8.35. The highest BCUT2D eigenvalue weighted by atomic mass is 14.9. The fraction of sp³-hybridized carbons (Fsp3) is 0.278. The van der Waals surface area contributed by atoms with Gasteiger partial charge in [-0.2, -0.15) is 0 Å². The van der Waals surface area contributed by atoms with Crippen molar-refractivity contribution in [3.63, 3.8) is 0 Å². The van der Waals surface area contributed by atoms with Gasteiger partial charge in [-0.15, -0.1) is 0 Å². The Balaban J connectivity index is 1.72. The van der Waals surface area contributed by atoms with E-state index in [1.807, 2.05) is 6.07 Å². The molecule has 0 radical (unpaired) electrons. The van der Waals surface area contributed by atoms with Crippen LogP contribution in [-0.2, 0) is 19.4 Å². The second-order valence-corrected chi connectivity index (χ2v) is 5.85. The Bertz CT molecular complexity index is 788. The summed E-state index contributed by atoms with van der Waals surface area (Å²) in [5.41, 5.74) is 12.0. The molecule has 1 aliphatic rings. The van der Waals surface area contributed by atoms with Crippen LogP contribution in [0.1, 0.15) is 34.9 Å². The van der Waals surface area contributed by atoms with E-state index in [1.165, 1.54) is 11.1 Å². The third-order valence-electron chi connectivity index (χ3n) is 4.57. The Kier molecular flexibility index (Phi) is 3.00. The van der Waals surface area contributed by atoms with Crippen molar-refractivity contribution < 1.29 is 0 Å². The summed E-state index contributed by atoms with van der Waals surface area (Å²) in [5.74, 6) is 1.60. The van der Waals surface area contributed by atoms with Gasteiger partial charge in [0.15, 0.2) is 0 Å². The molecule has 1 aromatic heterocycles. The lowest BCUT2D eigenvalue weighted by molar-refractivity contribution is 0.561. The van der Waals surface area contributed by atoms with Crippen LogP contribution in [0.25, 0.3) is 11.0 Å². The minimum Gasteiger partial charge on any atom is -0.342 e. The first-order chi connectivity index (χ1) is 10.3. The van der Waals surface area contributed by atoms with Crippen molar-refractivity contribution in [1.82, 2.24) is 9.97 Å². The van der Waals surface area contributed by atoms with Gasteiger partial charge in [-0.3, -0.25) is 0 Å². The lowest BCUT2D eigenvalue weighted by Gasteiger charge is -2.22. The number of aryl methyl sites for hydroxylation is 1. The van der Waals surface area contributed by atoms with E-state index in [4.69, 9.17) is 10.7 Å². The molecular weight excluding hydrogens is 258 g/mol. The van der Waals surface area contributed by atoms with Crippen molar-refractivity contribution in [1.29, 1.82) is 0 Å². The van der Waals surface area contributed by atoms with E-state index in [0.29, 0.717) is 12.5 Å². The van der Waals surface area contributed by atoms with Gasteiger partial charge in [-0.25, -0.2) is 4.98 Å². The molecule has 0 amide bonds. The Labute approximate surface area is 124 Å². The average Bonchev–Trinajstić information content (AvgIpc) is 2.98. The molecule has 1 unspecified atom stereocenters. The number of hydrogen-bond donors (Lipinski definition) is 2. The molecule has 0 saturated heterocycles. The highest BCUT2D eigenvalue weighted by Gasteiger charge is 2.22. The van der Waals surface area contributed by atoms with Crippen LogP contribution in [0.2, 0.25) is 0 Å². The largest absolute Gasteiger partial charge is 0.342 e. The number of nitrogens with two attached hydrogens (primary N) is 1. The summed E-state index contributed by atoms with van der Waals surface area (Å²) in [7, 11) is 0. The Hall–Kier alpha value is -2.13. The van der Waals surface area contributed by atoms with Crippen LogP contribution >= 0.6 is 0 Å². The molecule has 4 rings (SSSR count). The number of hydrogen-bond acceptors (Lipinski definition) is 2. The molecule has 0 bridgehead atoms. The molecule has 3 nitrogen and oxygen atoms in total. The van der Waals surface area contributed by atoms with E-state index < -0.39 is 0 Å². The van der Waals surface area contributed by atoms with Crippen LogP contribution in [0.5, 0.6) is 0 Å². The molecule has 1 aliphatic carbocycles. The van der Waals surface area contributed by atoms with Gasteiger partial charge in [0.25, 0.3) is 0 Å². The van der Waals surface area contributed by atoms with Gasteiger partial charge in [-0.05, 0) is 42.0 Å². The predicted octanol–water partition coefficient (Wildman–Crippen LogP) is 3.29. The standard InChI is InChI=1S/C18H19N3/c19-11-15-6-3-7-16-17(15)21-18(20-16)14-9-8-12-4-1-2-5-13(12)10-14/h1-7,14H,8-11,19H2,(H,20,21). The van der Waals surface area contributed by atoms with Crippen LogP contribution in [-0.4, -0.2) is 9.97 Å². The Morgan fingerprint density at radius 3 is 2.81 bits per heavy atom. The number of benzene rings is 2. The summed E-state index contributed by atoms with van der Waals surface area (Å²) >= 11 is 0. The van der Waals surface area contributed by atoms with Gasteiger partial charge in [0.05, 0.1) is 11.0 Å². The molecule has 0 aliphatic heterocycles. The lowest BCUT2D eigenvalue weighted by Crippen LogP contribution is -2.13. The van der Waals surface area contributed by atoms with Gasteiger partial charge < -0.3 is 10.7 Å². The number of nitrogens with zero attached hydrogens (tertiary/aromatic N) is 1. The maximum absolute atomic E-state index is 5.81. The molecule has 0 spiro atoms. The van der Waals surface area contributed by atoms with Crippen molar-refractivity contribution in [2.45, 2.75) is 31.7 Å². The maximum Gasteiger partial charge on any atom is 0.110 e. The molecule has 0 fully saturated rings. The van der Waals surface area contributed by atoms with Crippen LogP contribution in [0.4, 0.5) is 0 Å². The molecule has 0 saturated carbocycles. The molecule has 1 atom stereocenters. The van der Waals surface area contributed by atoms with Crippen molar-refractivity contribution in [3.05, 3.63) is 65.0 Å². The SMILES string of the molecule is NCc1cccc2[nH]c(C3CCc4ccccc4C3)nc12. The van der Waals surface area contributed by atoms with Crippen molar-refractivity contribution in [3.8, 4) is 0 Å². The first kappa shape index (κ1) is 12.6. The van der Waals surface area contributed by atoms with E-state index in [-0.39, 0.29) is 0 Å². The fourth-order valence-electron chi connectivity index (χ4n) is 3.40. The number of aromatic amines is 1. The van der Waals surface area contributed by atoms with Crippen LogP contribution < -0.4 is 5.73 Å². The molecule has 106 valence electrons.